The molecular formula is C28H27N3O5S2. The van der Waals surface area contributed by atoms with Crippen LogP contribution in [0.3, 0.4) is 0 Å². The molecule has 0 aliphatic heterocycles. The van der Waals surface area contributed by atoms with E-state index in [-0.39, 0.29) is 21.0 Å². The van der Waals surface area contributed by atoms with Crippen molar-refractivity contribution < 1.29 is 21.6 Å². The van der Waals surface area contributed by atoms with Gasteiger partial charge in [-0.25, -0.2) is 16.8 Å². The second kappa shape index (κ2) is 10.7. The van der Waals surface area contributed by atoms with Crippen LogP contribution in [0, 0.1) is 20.8 Å². The Kier molecular flexibility index (Phi) is 7.56. The number of carbonyl (C=O) groups is 1. The number of amides is 1. The van der Waals surface area contributed by atoms with Crippen molar-refractivity contribution >= 4 is 43.0 Å². The van der Waals surface area contributed by atoms with Crippen LogP contribution in [0.2, 0.25) is 0 Å². The van der Waals surface area contributed by atoms with Gasteiger partial charge in [0.1, 0.15) is 0 Å². The molecule has 0 aliphatic rings. The lowest BCUT2D eigenvalue weighted by Crippen LogP contribution is -2.16. The van der Waals surface area contributed by atoms with Crippen molar-refractivity contribution in [1.29, 1.82) is 0 Å². The molecule has 0 heterocycles. The normalized spacial score (nSPS) is 11.6. The SMILES string of the molecule is Cc1ccc(NS(=O)(=O)c2ccc(NC(=O)c3ccc(C)c(NS(=O)(=O)c4ccccc4)c3)cc2)cc1C. The van der Waals surface area contributed by atoms with Gasteiger partial charge in [-0.1, -0.05) is 30.3 Å². The van der Waals surface area contributed by atoms with Gasteiger partial charge in [-0.05, 0) is 98.1 Å². The van der Waals surface area contributed by atoms with E-state index in [4.69, 9.17) is 0 Å². The highest BCUT2D eigenvalue weighted by Gasteiger charge is 2.18. The Labute approximate surface area is 222 Å². The third-order valence-corrected chi connectivity index (χ3v) is 8.76. The quantitative estimate of drug-likeness (QED) is 0.269. The molecule has 4 rings (SSSR count). The predicted molar refractivity (Wildman–Crippen MR) is 150 cm³/mol. The minimum absolute atomic E-state index is 0.0432. The topological polar surface area (TPSA) is 121 Å². The summed E-state index contributed by atoms with van der Waals surface area (Å²) in [6, 6.07) is 23.7. The van der Waals surface area contributed by atoms with Gasteiger partial charge in [0.2, 0.25) is 0 Å². The van der Waals surface area contributed by atoms with Gasteiger partial charge >= 0.3 is 0 Å². The molecule has 38 heavy (non-hydrogen) atoms. The summed E-state index contributed by atoms with van der Waals surface area (Å²) in [7, 11) is -7.65. The molecule has 4 aromatic rings. The fourth-order valence-corrected chi connectivity index (χ4v) is 5.81. The molecule has 1 amide bonds. The highest BCUT2D eigenvalue weighted by atomic mass is 32.2. The fraction of sp³-hybridized carbons (Fsp3) is 0.107. The summed E-state index contributed by atoms with van der Waals surface area (Å²) in [4.78, 5) is 13.0. The van der Waals surface area contributed by atoms with Gasteiger partial charge in [-0.2, -0.15) is 0 Å². The average molecular weight is 550 g/mol. The Morgan fingerprint density at radius 3 is 1.82 bits per heavy atom. The summed E-state index contributed by atoms with van der Waals surface area (Å²) in [5.74, 6) is -0.478. The lowest BCUT2D eigenvalue weighted by atomic mass is 10.1. The Balaban J connectivity index is 1.47. The van der Waals surface area contributed by atoms with Crippen LogP contribution < -0.4 is 14.8 Å². The maximum absolute atomic E-state index is 12.9. The van der Waals surface area contributed by atoms with E-state index in [1.807, 2.05) is 19.9 Å². The maximum atomic E-state index is 12.9. The van der Waals surface area contributed by atoms with Gasteiger partial charge in [0.25, 0.3) is 26.0 Å². The zero-order valence-electron chi connectivity index (χ0n) is 21.0. The zero-order valence-corrected chi connectivity index (χ0v) is 22.7. The van der Waals surface area contributed by atoms with E-state index in [9.17, 15) is 21.6 Å². The Morgan fingerprint density at radius 2 is 1.16 bits per heavy atom. The first-order chi connectivity index (χ1) is 17.9. The van der Waals surface area contributed by atoms with Crippen LogP contribution in [0.15, 0.2) is 101 Å². The molecule has 8 nitrogen and oxygen atoms in total. The van der Waals surface area contributed by atoms with Crippen molar-refractivity contribution in [1.82, 2.24) is 0 Å². The van der Waals surface area contributed by atoms with E-state index >= 15 is 0 Å². The molecule has 0 saturated carbocycles. The molecular weight excluding hydrogens is 522 g/mol. The van der Waals surface area contributed by atoms with E-state index in [0.717, 1.165) is 11.1 Å². The van der Waals surface area contributed by atoms with E-state index in [1.165, 1.54) is 42.5 Å². The Bertz CT molecular complexity index is 1700. The number of nitrogens with one attached hydrogen (secondary N) is 3. The van der Waals surface area contributed by atoms with Crippen LogP contribution in [0.4, 0.5) is 17.1 Å². The first-order valence-corrected chi connectivity index (χ1v) is 14.6. The van der Waals surface area contributed by atoms with Gasteiger partial charge in [0, 0.05) is 16.9 Å². The van der Waals surface area contributed by atoms with E-state index in [2.05, 4.69) is 14.8 Å². The molecule has 0 bridgehead atoms. The largest absolute Gasteiger partial charge is 0.322 e. The summed E-state index contributed by atoms with van der Waals surface area (Å²) >= 11 is 0. The van der Waals surface area contributed by atoms with Crippen LogP contribution in [0.5, 0.6) is 0 Å². The van der Waals surface area contributed by atoms with E-state index in [1.54, 1.807) is 49.4 Å². The summed E-state index contributed by atoms with van der Waals surface area (Å²) in [6.07, 6.45) is 0. The van der Waals surface area contributed by atoms with Gasteiger partial charge < -0.3 is 5.32 Å². The smallest absolute Gasteiger partial charge is 0.261 e. The first-order valence-electron chi connectivity index (χ1n) is 11.6. The summed E-state index contributed by atoms with van der Waals surface area (Å²) in [6.45, 7) is 5.58. The highest BCUT2D eigenvalue weighted by molar-refractivity contribution is 7.93. The van der Waals surface area contributed by atoms with E-state index in [0.29, 0.717) is 16.9 Å². The van der Waals surface area contributed by atoms with Crippen LogP contribution in [0.1, 0.15) is 27.0 Å². The van der Waals surface area contributed by atoms with Crippen molar-refractivity contribution in [3.63, 3.8) is 0 Å². The van der Waals surface area contributed by atoms with Gasteiger partial charge in [0.15, 0.2) is 0 Å². The molecule has 196 valence electrons. The molecule has 3 N–H and O–H groups in total. The number of hydrogen-bond donors (Lipinski definition) is 3. The van der Waals surface area contributed by atoms with Crippen molar-refractivity contribution in [2.24, 2.45) is 0 Å². The molecule has 4 aromatic carbocycles. The minimum Gasteiger partial charge on any atom is -0.322 e. The van der Waals surface area contributed by atoms with E-state index < -0.39 is 26.0 Å². The molecule has 10 heteroatoms. The summed E-state index contributed by atoms with van der Waals surface area (Å²) in [5, 5.41) is 2.71. The van der Waals surface area contributed by atoms with Gasteiger partial charge in [-0.3, -0.25) is 14.2 Å². The number of anilines is 3. The molecule has 0 spiro atoms. The van der Waals surface area contributed by atoms with Crippen LogP contribution in [0.25, 0.3) is 0 Å². The number of aryl methyl sites for hydroxylation is 3. The molecule has 0 radical (unpaired) electrons. The number of sulfonamides is 2. The predicted octanol–water partition coefficient (Wildman–Crippen LogP) is 5.47. The minimum atomic E-state index is -3.83. The Morgan fingerprint density at radius 1 is 0.579 bits per heavy atom. The van der Waals surface area contributed by atoms with Crippen LogP contribution in [-0.4, -0.2) is 22.7 Å². The number of rotatable bonds is 8. The van der Waals surface area contributed by atoms with Crippen molar-refractivity contribution in [3.8, 4) is 0 Å². The summed E-state index contributed by atoms with van der Waals surface area (Å²) < 4.78 is 56.1. The number of benzene rings is 4. The molecule has 0 aromatic heterocycles. The maximum Gasteiger partial charge on any atom is 0.261 e. The number of hydrogen-bond acceptors (Lipinski definition) is 5. The van der Waals surface area contributed by atoms with Crippen molar-refractivity contribution in [3.05, 3.63) is 113 Å². The van der Waals surface area contributed by atoms with Crippen molar-refractivity contribution in [2.75, 3.05) is 14.8 Å². The van der Waals surface area contributed by atoms with Crippen molar-refractivity contribution in [2.45, 2.75) is 30.6 Å². The first kappa shape index (κ1) is 26.9. The van der Waals surface area contributed by atoms with Gasteiger partial charge in [-0.15, -0.1) is 0 Å². The third kappa shape index (κ3) is 6.21. The molecule has 0 unspecified atom stereocenters. The standard InChI is InChI=1S/C28H27N3O5S2/c1-19-10-12-24(17-21(19)3)30-37(33,34)26-15-13-23(14-16-26)29-28(32)22-11-9-20(2)27(18-22)31-38(35,36)25-7-5-4-6-8-25/h4-18,30-31H,1-3H3,(H,29,32). The number of carbonyl (C=O) groups excluding carboxylic acids is 1. The third-order valence-electron chi connectivity index (χ3n) is 5.98. The van der Waals surface area contributed by atoms with Crippen LogP contribution in [-0.2, 0) is 20.0 Å². The molecule has 0 aliphatic carbocycles. The average Bonchev–Trinajstić information content (AvgIpc) is 2.88. The zero-order chi connectivity index (χ0) is 27.5. The molecule has 0 fully saturated rings. The second-order valence-electron chi connectivity index (χ2n) is 8.83. The van der Waals surface area contributed by atoms with Crippen LogP contribution >= 0.6 is 0 Å². The highest BCUT2D eigenvalue weighted by Crippen LogP contribution is 2.23. The summed E-state index contributed by atoms with van der Waals surface area (Å²) in [5.41, 5.74) is 4.02. The molecule has 0 atom stereocenters. The van der Waals surface area contributed by atoms with Gasteiger partial charge in [0.05, 0.1) is 15.5 Å². The second-order valence-corrected chi connectivity index (χ2v) is 12.2. The molecule has 0 saturated heterocycles. The Hall–Kier alpha value is -4.15. The fourth-order valence-electron chi connectivity index (χ4n) is 3.62. The lowest BCUT2D eigenvalue weighted by molar-refractivity contribution is 0.102. The lowest BCUT2D eigenvalue weighted by Gasteiger charge is -2.13. The monoisotopic (exact) mass is 549 g/mol.